The van der Waals surface area contributed by atoms with E-state index in [1.807, 2.05) is 37.8 Å². The summed E-state index contributed by atoms with van der Waals surface area (Å²) in [6.07, 6.45) is 2.58. The minimum absolute atomic E-state index is 0.0255. The number of rotatable bonds is 2. The molecule has 0 saturated carbocycles. The van der Waals surface area contributed by atoms with E-state index in [2.05, 4.69) is 20.9 Å². The van der Waals surface area contributed by atoms with Crippen LogP contribution in [0.2, 0.25) is 0 Å². The number of halogens is 1. The van der Waals surface area contributed by atoms with Crippen LogP contribution in [0.3, 0.4) is 0 Å². The Bertz CT molecular complexity index is 471. The van der Waals surface area contributed by atoms with Crippen molar-refractivity contribution in [2.75, 3.05) is 13.1 Å². The zero-order chi connectivity index (χ0) is 14.0. The van der Waals surface area contributed by atoms with Crippen LogP contribution in [0.15, 0.2) is 22.8 Å². The molecule has 1 amide bonds. The second-order valence-electron chi connectivity index (χ2n) is 5.82. The fourth-order valence-corrected chi connectivity index (χ4v) is 2.45. The Hall–Kier alpha value is -1.10. The van der Waals surface area contributed by atoms with E-state index >= 15 is 0 Å². The third kappa shape index (κ3) is 3.47. The number of carbonyl (C=O) groups is 1. The lowest BCUT2D eigenvalue weighted by atomic mass is 9.95. The zero-order valence-electron chi connectivity index (χ0n) is 11.5. The molecule has 0 radical (unpaired) electrons. The van der Waals surface area contributed by atoms with Crippen LogP contribution < -0.4 is 4.74 Å². The molecule has 1 fully saturated rings. The summed E-state index contributed by atoms with van der Waals surface area (Å²) in [6, 6.07) is 3.75. The topological polar surface area (TPSA) is 42.4 Å². The fraction of sp³-hybridized carbons (Fsp3) is 0.571. The monoisotopic (exact) mass is 326 g/mol. The number of hydrogen-bond acceptors (Lipinski definition) is 3. The van der Waals surface area contributed by atoms with Crippen molar-refractivity contribution < 1.29 is 9.53 Å². The van der Waals surface area contributed by atoms with Crippen LogP contribution >= 0.6 is 15.9 Å². The number of amides is 1. The van der Waals surface area contributed by atoms with Gasteiger partial charge in [0.15, 0.2) is 0 Å². The van der Waals surface area contributed by atoms with E-state index in [9.17, 15) is 4.79 Å². The Morgan fingerprint density at radius 2 is 2.26 bits per heavy atom. The van der Waals surface area contributed by atoms with Gasteiger partial charge in [0.25, 0.3) is 0 Å². The summed E-state index contributed by atoms with van der Waals surface area (Å²) < 4.78 is 6.69. The predicted octanol–water partition coefficient (Wildman–Crippen LogP) is 2.87. The van der Waals surface area contributed by atoms with Crippen LogP contribution in [0.1, 0.15) is 27.2 Å². The summed E-state index contributed by atoms with van der Waals surface area (Å²) in [6.45, 7) is 7.22. The average molecular weight is 327 g/mol. The first-order valence-electron chi connectivity index (χ1n) is 6.44. The van der Waals surface area contributed by atoms with Crippen LogP contribution in [-0.4, -0.2) is 35.0 Å². The van der Waals surface area contributed by atoms with Crippen molar-refractivity contribution in [2.24, 2.45) is 5.41 Å². The van der Waals surface area contributed by atoms with E-state index in [-0.39, 0.29) is 17.4 Å². The zero-order valence-corrected chi connectivity index (χ0v) is 13.1. The highest BCUT2D eigenvalue weighted by atomic mass is 79.9. The van der Waals surface area contributed by atoms with Gasteiger partial charge >= 0.3 is 0 Å². The molecule has 1 aliphatic heterocycles. The van der Waals surface area contributed by atoms with Gasteiger partial charge in [0, 0.05) is 24.6 Å². The first-order chi connectivity index (χ1) is 8.88. The highest BCUT2D eigenvalue weighted by Gasteiger charge is 2.33. The van der Waals surface area contributed by atoms with E-state index in [0.717, 1.165) is 17.4 Å². The lowest BCUT2D eigenvalue weighted by Gasteiger charge is -2.25. The minimum Gasteiger partial charge on any atom is -0.472 e. The molecule has 0 N–H and O–H groups in total. The van der Waals surface area contributed by atoms with Gasteiger partial charge in [0.2, 0.25) is 11.8 Å². The maximum atomic E-state index is 12.2. The molecule has 1 unspecified atom stereocenters. The largest absolute Gasteiger partial charge is 0.472 e. The molecule has 1 aromatic heterocycles. The van der Waals surface area contributed by atoms with Crippen molar-refractivity contribution in [2.45, 2.75) is 33.3 Å². The summed E-state index contributed by atoms with van der Waals surface area (Å²) >= 11 is 3.41. The highest BCUT2D eigenvalue weighted by Crippen LogP contribution is 2.26. The predicted molar refractivity (Wildman–Crippen MR) is 77.0 cm³/mol. The van der Waals surface area contributed by atoms with Crippen molar-refractivity contribution in [1.29, 1.82) is 0 Å². The first-order valence-corrected chi connectivity index (χ1v) is 7.24. The van der Waals surface area contributed by atoms with Crippen molar-refractivity contribution in [3.63, 3.8) is 0 Å². The fourth-order valence-electron chi connectivity index (χ4n) is 2.10. The molecule has 2 heterocycles. The standard InChI is InChI=1S/C14H19BrN2O2/c1-14(2,3)13(18)17-8-6-10(9-17)19-12-11(15)5-4-7-16-12/h4-5,7,10H,6,8-9H2,1-3H3. The van der Waals surface area contributed by atoms with E-state index < -0.39 is 0 Å². The van der Waals surface area contributed by atoms with Crippen LogP contribution in [0.25, 0.3) is 0 Å². The number of ether oxygens (including phenoxy) is 1. The van der Waals surface area contributed by atoms with Crippen LogP contribution in [-0.2, 0) is 4.79 Å². The third-order valence-corrected chi connectivity index (χ3v) is 3.68. The Labute approximate surface area is 122 Å². The number of aromatic nitrogens is 1. The van der Waals surface area contributed by atoms with E-state index in [0.29, 0.717) is 12.4 Å². The second kappa shape index (κ2) is 5.49. The van der Waals surface area contributed by atoms with Crippen LogP contribution in [0.5, 0.6) is 5.88 Å². The average Bonchev–Trinajstić information content (AvgIpc) is 2.78. The Morgan fingerprint density at radius 3 is 2.89 bits per heavy atom. The van der Waals surface area contributed by atoms with Gasteiger partial charge in [-0.25, -0.2) is 4.98 Å². The lowest BCUT2D eigenvalue weighted by molar-refractivity contribution is -0.138. The summed E-state index contributed by atoms with van der Waals surface area (Å²) in [7, 11) is 0. The molecule has 104 valence electrons. The first kappa shape index (κ1) is 14.3. The van der Waals surface area contributed by atoms with Crippen molar-refractivity contribution in [3.8, 4) is 5.88 Å². The number of likely N-dealkylation sites (tertiary alicyclic amines) is 1. The quantitative estimate of drug-likeness (QED) is 0.839. The molecule has 1 aromatic rings. The molecule has 1 aliphatic rings. The van der Waals surface area contributed by atoms with Gasteiger partial charge in [0.1, 0.15) is 6.10 Å². The lowest BCUT2D eigenvalue weighted by Crippen LogP contribution is -2.38. The molecule has 0 aliphatic carbocycles. The van der Waals surface area contributed by atoms with Gasteiger partial charge < -0.3 is 9.64 Å². The molecule has 0 spiro atoms. The minimum atomic E-state index is -0.333. The van der Waals surface area contributed by atoms with Crippen LogP contribution in [0, 0.1) is 5.41 Å². The number of nitrogens with zero attached hydrogens (tertiary/aromatic N) is 2. The van der Waals surface area contributed by atoms with Crippen molar-refractivity contribution in [1.82, 2.24) is 9.88 Å². The Balaban J connectivity index is 1.96. The molecular weight excluding hydrogens is 308 g/mol. The van der Waals surface area contributed by atoms with Gasteiger partial charge in [-0.15, -0.1) is 0 Å². The molecule has 1 atom stereocenters. The van der Waals surface area contributed by atoms with Gasteiger partial charge in [0.05, 0.1) is 11.0 Å². The molecule has 2 rings (SSSR count). The van der Waals surface area contributed by atoms with E-state index in [1.54, 1.807) is 6.20 Å². The second-order valence-corrected chi connectivity index (χ2v) is 6.67. The summed E-state index contributed by atoms with van der Waals surface area (Å²) in [5, 5.41) is 0. The molecule has 0 aromatic carbocycles. The number of pyridine rings is 1. The number of hydrogen-bond donors (Lipinski definition) is 0. The summed E-state index contributed by atoms with van der Waals surface area (Å²) in [5.41, 5.74) is -0.333. The SMILES string of the molecule is CC(C)(C)C(=O)N1CCC(Oc2ncccc2Br)C1. The molecule has 19 heavy (non-hydrogen) atoms. The summed E-state index contributed by atoms with van der Waals surface area (Å²) in [4.78, 5) is 18.2. The highest BCUT2D eigenvalue weighted by molar-refractivity contribution is 9.10. The van der Waals surface area contributed by atoms with E-state index in [4.69, 9.17) is 4.74 Å². The van der Waals surface area contributed by atoms with E-state index in [1.165, 1.54) is 0 Å². The normalized spacial score (nSPS) is 19.6. The molecular formula is C14H19BrN2O2. The molecule has 4 nitrogen and oxygen atoms in total. The summed E-state index contributed by atoms with van der Waals surface area (Å²) in [5.74, 6) is 0.774. The third-order valence-electron chi connectivity index (χ3n) is 3.08. The Morgan fingerprint density at radius 1 is 1.53 bits per heavy atom. The smallest absolute Gasteiger partial charge is 0.228 e. The molecule has 1 saturated heterocycles. The molecule has 5 heteroatoms. The van der Waals surface area contributed by atoms with Crippen molar-refractivity contribution >= 4 is 21.8 Å². The molecule has 0 bridgehead atoms. The van der Waals surface area contributed by atoms with Crippen molar-refractivity contribution in [3.05, 3.63) is 22.8 Å². The Kier molecular flexibility index (Phi) is 4.13. The maximum Gasteiger partial charge on any atom is 0.228 e. The van der Waals surface area contributed by atoms with Gasteiger partial charge in [-0.3, -0.25) is 4.79 Å². The van der Waals surface area contributed by atoms with Gasteiger partial charge in [-0.2, -0.15) is 0 Å². The number of carbonyl (C=O) groups excluding carboxylic acids is 1. The van der Waals surface area contributed by atoms with Crippen LogP contribution in [0.4, 0.5) is 0 Å². The van der Waals surface area contributed by atoms with Gasteiger partial charge in [-0.05, 0) is 28.1 Å². The maximum absolute atomic E-state index is 12.2. The van der Waals surface area contributed by atoms with Gasteiger partial charge in [-0.1, -0.05) is 20.8 Å².